The maximum atomic E-state index is 11.8. The summed E-state index contributed by atoms with van der Waals surface area (Å²) in [4.78, 5) is 15.8. The van der Waals surface area contributed by atoms with E-state index < -0.39 is 5.97 Å². The second-order valence-electron chi connectivity index (χ2n) is 4.03. The number of rotatable bonds is 5. The van der Waals surface area contributed by atoms with E-state index in [1.807, 2.05) is 30.3 Å². The van der Waals surface area contributed by atoms with Crippen LogP contribution in [0.1, 0.15) is 23.0 Å². The Morgan fingerprint density at radius 2 is 2.11 bits per heavy atom. The van der Waals surface area contributed by atoms with Crippen molar-refractivity contribution in [2.24, 2.45) is 0 Å². The normalized spacial score (nSPS) is 10.4. The van der Waals surface area contributed by atoms with Crippen molar-refractivity contribution in [1.82, 2.24) is 9.55 Å². The van der Waals surface area contributed by atoms with Crippen LogP contribution in [0.25, 0.3) is 0 Å². The van der Waals surface area contributed by atoms with Gasteiger partial charge < -0.3 is 9.30 Å². The second-order valence-corrected chi connectivity index (χ2v) is 4.39. The Labute approximate surface area is 117 Å². The molecule has 0 N–H and O–H groups in total. The van der Waals surface area contributed by atoms with Crippen molar-refractivity contribution in [2.45, 2.75) is 19.9 Å². The maximum Gasteiger partial charge on any atom is 0.358 e. The van der Waals surface area contributed by atoms with Gasteiger partial charge in [0.05, 0.1) is 12.9 Å². The van der Waals surface area contributed by atoms with Crippen molar-refractivity contribution in [1.29, 1.82) is 0 Å². The number of carbonyl (C=O) groups excluding carboxylic acids is 1. The molecule has 0 aliphatic heterocycles. The van der Waals surface area contributed by atoms with Crippen molar-refractivity contribution in [3.05, 3.63) is 53.1 Å². The number of benzene rings is 1. The van der Waals surface area contributed by atoms with E-state index in [1.54, 1.807) is 17.8 Å². The van der Waals surface area contributed by atoms with Crippen molar-refractivity contribution >= 4 is 17.6 Å². The predicted molar refractivity (Wildman–Crippen MR) is 73.3 cm³/mol. The predicted octanol–water partition coefficient (Wildman–Crippen LogP) is 2.96. The topological polar surface area (TPSA) is 44.1 Å². The fourth-order valence-corrected chi connectivity index (χ4v) is 2.05. The standard InChI is InChI=1S/C14H15ClN2O2/c1-2-19-14(18)12-13(15)16-10-17(12)9-8-11-6-4-3-5-7-11/h3-7,10H,2,8-9H2,1H3. The minimum absolute atomic E-state index is 0.187. The number of ether oxygens (including phenoxy) is 1. The van der Waals surface area contributed by atoms with Crippen molar-refractivity contribution in [2.75, 3.05) is 6.61 Å². The quantitative estimate of drug-likeness (QED) is 0.790. The van der Waals surface area contributed by atoms with Crippen molar-refractivity contribution < 1.29 is 9.53 Å². The monoisotopic (exact) mass is 278 g/mol. The van der Waals surface area contributed by atoms with Gasteiger partial charge in [0, 0.05) is 6.54 Å². The SMILES string of the molecule is CCOC(=O)c1c(Cl)ncn1CCc1ccccc1. The summed E-state index contributed by atoms with van der Waals surface area (Å²) in [6.07, 6.45) is 2.37. The van der Waals surface area contributed by atoms with Gasteiger partial charge in [-0.2, -0.15) is 0 Å². The number of aromatic nitrogens is 2. The fourth-order valence-electron chi connectivity index (χ4n) is 1.82. The van der Waals surface area contributed by atoms with Crippen LogP contribution < -0.4 is 0 Å². The van der Waals surface area contributed by atoms with Crippen LogP contribution in [0.4, 0.5) is 0 Å². The van der Waals surface area contributed by atoms with Crippen LogP contribution in [0.2, 0.25) is 5.15 Å². The van der Waals surface area contributed by atoms with Gasteiger partial charge >= 0.3 is 5.97 Å². The first-order chi connectivity index (χ1) is 9.22. The molecule has 0 aliphatic rings. The molecule has 2 rings (SSSR count). The van der Waals surface area contributed by atoms with Crippen LogP contribution >= 0.6 is 11.6 Å². The van der Waals surface area contributed by atoms with Gasteiger partial charge in [0.25, 0.3) is 0 Å². The molecule has 0 saturated heterocycles. The highest BCUT2D eigenvalue weighted by Crippen LogP contribution is 2.16. The van der Waals surface area contributed by atoms with Crippen LogP contribution in [-0.2, 0) is 17.7 Å². The van der Waals surface area contributed by atoms with Crippen molar-refractivity contribution in [3.8, 4) is 0 Å². The summed E-state index contributed by atoms with van der Waals surface area (Å²) in [5.74, 6) is -0.432. The van der Waals surface area contributed by atoms with Crippen LogP contribution in [-0.4, -0.2) is 22.1 Å². The Hall–Kier alpha value is -1.81. The number of hydrogen-bond donors (Lipinski definition) is 0. The summed E-state index contributed by atoms with van der Waals surface area (Å²) in [5.41, 5.74) is 1.52. The molecule has 5 heteroatoms. The Kier molecular flexibility index (Phi) is 4.58. The van der Waals surface area contributed by atoms with Crippen LogP contribution in [0.5, 0.6) is 0 Å². The van der Waals surface area contributed by atoms with E-state index in [4.69, 9.17) is 16.3 Å². The highest BCUT2D eigenvalue weighted by molar-refractivity contribution is 6.32. The summed E-state index contributed by atoms with van der Waals surface area (Å²) >= 11 is 5.92. The molecule has 1 heterocycles. The zero-order valence-electron chi connectivity index (χ0n) is 10.7. The number of esters is 1. The lowest BCUT2D eigenvalue weighted by Gasteiger charge is -2.07. The van der Waals surface area contributed by atoms with E-state index in [0.29, 0.717) is 18.8 Å². The Morgan fingerprint density at radius 1 is 1.37 bits per heavy atom. The van der Waals surface area contributed by atoms with Gasteiger partial charge in [-0.05, 0) is 18.9 Å². The zero-order chi connectivity index (χ0) is 13.7. The fraction of sp³-hybridized carbons (Fsp3) is 0.286. The highest BCUT2D eigenvalue weighted by Gasteiger charge is 2.18. The first-order valence-electron chi connectivity index (χ1n) is 6.14. The molecule has 0 unspecified atom stereocenters. The molecular formula is C14H15ClN2O2. The van der Waals surface area contributed by atoms with E-state index in [1.165, 1.54) is 5.56 Å². The van der Waals surface area contributed by atoms with Gasteiger partial charge in [-0.25, -0.2) is 9.78 Å². The van der Waals surface area contributed by atoms with E-state index >= 15 is 0 Å². The average molecular weight is 279 g/mol. The smallest absolute Gasteiger partial charge is 0.358 e. The zero-order valence-corrected chi connectivity index (χ0v) is 11.4. The number of carbonyl (C=O) groups is 1. The number of halogens is 1. The number of hydrogen-bond acceptors (Lipinski definition) is 3. The molecule has 0 aliphatic carbocycles. The highest BCUT2D eigenvalue weighted by atomic mass is 35.5. The van der Waals surface area contributed by atoms with Crippen molar-refractivity contribution in [3.63, 3.8) is 0 Å². The molecule has 0 fully saturated rings. The molecular weight excluding hydrogens is 264 g/mol. The molecule has 0 bridgehead atoms. The van der Waals surface area contributed by atoms with Crippen LogP contribution in [0.3, 0.4) is 0 Å². The number of aryl methyl sites for hydroxylation is 2. The van der Waals surface area contributed by atoms with E-state index in [2.05, 4.69) is 4.98 Å². The lowest BCUT2D eigenvalue weighted by atomic mass is 10.1. The first kappa shape index (κ1) is 13.6. The van der Waals surface area contributed by atoms with Gasteiger partial charge in [0.2, 0.25) is 0 Å². The summed E-state index contributed by atoms with van der Waals surface area (Å²) < 4.78 is 6.71. The van der Waals surface area contributed by atoms with Gasteiger partial charge in [0.15, 0.2) is 10.8 Å². The Bertz CT molecular complexity index is 552. The van der Waals surface area contributed by atoms with Gasteiger partial charge in [0.1, 0.15) is 0 Å². The summed E-state index contributed by atoms with van der Waals surface area (Å²) in [7, 11) is 0. The Balaban J connectivity index is 2.11. The van der Waals surface area contributed by atoms with Crippen LogP contribution in [0, 0.1) is 0 Å². The second kappa shape index (κ2) is 6.38. The van der Waals surface area contributed by atoms with Gasteiger partial charge in [-0.15, -0.1) is 0 Å². The molecule has 4 nitrogen and oxygen atoms in total. The molecule has 100 valence electrons. The minimum Gasteiger partial charge on any atom is -0.461 e. The molecule has 2 aromatic rings. The van der Waals surface area contributed by atoms with E-state index in [-0.39, 0.29) is 5.15 Å². The largest absolute Gasteiger partial charge is 0.461 e. The lowest BCUT2D eigenvalue weighted by Crippen LogP contribution is -2.13. The average Bonchev–Trinajstić information content (AvgIpc) is 2.79. The molecule has 19 heavy (non-hydrogen) atoms. The van der Waals surface area contributed by atoms with E-state index in [0.717, 1.165) is 6.42 Å². The summed E-state index contributed by atoms with van der Waals surface area (Å²) in [6.45, 7) is 2.72. The van der Waals surface area contributed by atoms with Crippen LogP contribution in [0.15, 0.2) is 36.7 Å². The minimum atomic E-state index is -0.432. The Morgan fingerprint density at radius 3 is 2.79 bits per heavy atom. The third kappa shape index (κ3) is 3.35. The third-order valence-electron chi connectivity index (χ3n) is 2.75. The van der Waals surface area contributed by atoms with Gasteiger partial charge in [-0.3, -0.25) is 0 Å². The third-order valence-corrected chi connectivity index (χ3v) is 3.02. The first-order valence-corrected chi connectivity index (χ1v) is 6.52. The molecule has 0 radical (unpaired) electrons. The molecule has 0 saturated carbocycles. The number of nitrogens with zero attached hydrogens (tertiary/aromatic N) is 2. The molecule has 0 spiro atoms. The summed E-state index contributed by atoms with van der Waals surface area (Å²) in [6, 6.07) is 10.0. The lowest BCUT2D eigenvalue weighted by molar-refractivity contribution is 0.0514. The molecule has 1 aromatic heterocycles. The maximum absolute atomic E-state index is 11.8. The summed E-state index contributed by atoms with van der Waals surface area (Å²) in [5, 5.41) is 0.187. The molecule has 0 amide bonds. The number of imidazole rings is 1. The molecule has 0 atom stereocenters. The van der Waals surface area contributed by atoms with Gasteiger partial charge in [-0.1, -0.05) is 41.9 Å². The van der Waals surface area contributed by atoms with E-state index in [9.17, 15) is 4.79 Å². The molecule has 1 aromatic carbocycles.